The van der Waals surface area contributed by atoms with Crippen LogP contribution in [0.15, 0.2) is 85.3 Å². The van der Waals surface area contributed by atoms with Crippen molar-refractivity contribution in [3.8, 4) is 5.75 Å². The zero-order valence-electron chi connectivity index (χ0n) is 57.6. The predicted molar refractivity (Wildman–Crippen MR) is 375 cm³/mol. The van der Waals surface area contributed by atoms with Gasteiger partial charge in [-0.25, -0.2) is 42.3 Å². The molecule has 530 valence electrons. The lowest BCUT2D eigenvalue weighted by molar-refractivity contribution is 0.00802. The number of urea groups is 4. The van der Waals surface area contributed by atoms with Gasteiger partial charge >= 0.3 is 42.4 Å². The SMILES string of the molecule is CC1(C)CNC(=O)N1.C[C@H]1Cn2ncc(I)c2CN1C(=O)OC(C)(C)C.C[C@H]1Cn2ncc(N3CC(C)(C)NC3=O)c2CN1C(=O)Nc1ccc(F)c(Cl)c1.C[C@H]1Cn2ncc(N3CC(C)(C)NC3=O)c2CN1C(=O)OC(C)(C)C.O=C(Nc1ccc(F)c(Cl)c1)Oc1ccccc1. The first-order chi connectivity index (χ1) is 45.6. The van der Waals surface area contributed by atoms with E-state index in [4.69, 9.17) is 37.4 Å². The minimum absolute atomic E-state index is 0.0288. The fourth-order valence-corrected chi connectivity index (χ4v) is 11.8. The first kappa shape index (κ1) is 75.1. The van der Waals surface area contributed by atoms with Crippen LogP contribution in [-0.4, -0.2) is 152 Å². The van der Waals surface area contributed by atoms with Crippen molar-refractivity contribution in [2.24, 2.45) is 0 Å². The first-order valence-corrected chi connectivity index (χ1v) is 33.5. The molecule has 3 atom stereocenters. The number of fused-ring (bicyclic) bond motifs is 3. The highest BCUT2D eigenvalue weighted by atomic mass is 127. The molecule has 0 spiro atoms. The number of carbonyl (C=O) groups is 7. The standard InChI is InChI=1S/C19H22ClFN6O2.C17H27N5O3.C13H9ClFNO2.C12H18IN3O2.C5H10N2O/c1-11-8-27-16(15(7-22-27)26-10-19(2,3)24-18(26)29)9-25(11)17(28)23-12-4-5-14(21)13(20)6-12;1-11-8-22-13(9-20(11)15(24)25-16(2,3)4)12(7-18-22)21-10-17(5,6)19-14(21)23;14-11-8-9(6-7-12(11)15)16-13(17)18-10-4-2-1-3-5-10;1-8-6-16-10(9(13)5-14-16)7-15(8)11(17)18-12(2,3)4;1-5(2)3-6-4(8)7-5/h4-7,11H,8-10H2,1-3H3,(H,23,28)(H,24,29);7,11H,8-10H2,1-6H3,(H,19,23);1-8H,(H,16,17);5,8H,6-7H2,1-4H3;3H2,1-2H3,(H2,6,7,8)/t2*11-;;8-;/m00.0./s1. The maximum absolute atomic E-state index is 13.4. The fraction of sp³-hybridized carbons (Fsp3) is 0.485. The quantitative estimate of drug-likeness (QED) is 0.0877. The molecule has 6 aromatic rings. The largest absolute Gasteiger partial charge is 0.444 e. The highest BCUT2D eigenvalue weighted by molar-refractivity contribution is 14.1. The summed E-state index contributed by atoms with van der Waals surface area (Å²) in [5.74, 6) is -0.668. The Labute approximate surface area is 592 Å². The number of para-hydroxylation sites is 1. The van der Waals surface area contributed by atoms with Gasteiger partial charge in [0, 0.05) is 17.9 Å². The Morgan fingerprint density at radius 2 is 1.00 bits per heavy atom. The average Bonchev–Trinajstić information content (AvgIpc) is 1.52. The number of rotatable bonds is 5. The van der Waals surface area contributed by atoms with E-state index < -0.39 is 28.9 Å². The van der Waals surface area contributed by atoms with Crippen molar-refractivity contribution in [2.45, 2.75) is 189 Å². The van der Waals surface area contributed by atoms with Crippen molar-refractivity contribution in [3.05, 3.63) is 128 Å². The van der Waals surface area contributed by atoms with Crippen LogP contribution in [0.5, 0.6) is 5.75 Å². The van der Waals surface area contributed by atoms with Crippen molar-refractivity contribution in [1.82, 2.24) is 65.3 Å². The van der Waals surface area contributed by atoms with E-state index in [9.17, 15) is 42.3 Å². The van der Waals surface area contributed by atoms with Crippen LogP contribution in [0.25, 0.3) is 0 Å². The monoisotopic (exact) mass is 1510 g/mol. The number of carbonyl (C=O) groups excluding carboxylic acids is 7. The molecule has 6 N–H and O–H groups in total. The van der Waals surface area contributed by atoms with Gasteiger partial charge in [0.15, 0.2) is 0 Å². The molecular formula is C66H86Cl2F2IN17O10. The summed E-state index contributed by atoms with van der Waals surface area (Å²) >= 11 is 13.6. The molecular weight excluding hydrogens is 1430 g/mol. The van der Waals surface area contributed by atoms with Crippen LogP contribution in [0, 0.1) is 15.2 Å². The molecule has 0 aliphatic carbocycles. The third-order valence-electron chi connectivity index (χ3n) is 15.6. The molecule has 0 radical (unpaired) electrons. The minimum Gasteiger partial charge on any atom is -0.444 e. The normalized spacial score (nSPS) is 19.2. The summed E-state index contributed by atoms with van der Waals surface area (Å²) in [5.41, 5.74) is 3.28. The maximum atomic E-state index is 13.4. The second kappa shape index (κ2) is 30.2. The summed E-state index contributed by atoms with van der Waals surface area (Å²) in [5, 5.41) is 29.5. The maximum Gasteiger partial charge on any atom is 0.417 e. The summed E-state index contributed by atoms with van der Waals surface area (Å²) in [7, 11) is 0. The van der Waals surface area contributed by atoms with E-state index in [1.807, 2.05) is 130 Å². The third kappa shape index (κ3) is 19.8. The van der Waals surface area contributed by atoms with Gasteiger partial charge < -0.3 is 45.7 Å². The van der Waals surface area contributed by atoms with E-state index in [-0.39, 0.29) is 81.1 Å². The van der Waals surface area contributed by atoms with Crippen LogP contribution in [0.1, 0.15) is 121 Å². The van der Waals surface area contributed by atoms with Crippen molar-refractivity contribution in [1.29, 1.82) is 0 Å². The number of aromatic nitrogens is 6. The average molecular weight is 1510 g/mol. The fourth-order valence-electron chi connectivity index (χ4n) is 10.9. The number of nitrogens with zero attached hydrogens (tertiary/aromatic N) is 11. The van der Waals surface area contributed by atoms with Crippen LogP contribution in [0.3, 0.4) is 0 Å². The molecule has 12 rings (SSSR count). The molecule has 0 saturated carbocycles. The molecule has 11 amide bonds. The molecule has 0 unspecified atom stereocenters. The van der Waals surface area contributed by atoms with Crippen LogP contribution < -0.4 is 46.4 Å². The zero-order chi connectivity index (χ0) is 72.1. The second-order valence-corrected chi connectivity index (χ2v) is 30.3. The van der Waals surface area contributed by atoms with E-state index in [0.29, 0.717) is 68.6 Å². The van der Waals surface area contributed by atoms with Gasteiger partial charge in [-0.2, -0.15) is 15.3 Å². The van der Waals surface area contributed by atoms with Crippen molar-refractivity contribution in [3.63, 3.8) is 0 Å². The van der Waals surface area contributed by atoms with Crippen LogP contribution in [0.2, 0.25) is 10.0 Å². The molecule has 3 aromatic heterocycles. The summed E-state index contributed by atoms with van der Waals surface area (Å²) in [6.45, 7) is 33.8. The third-order valence-corrected chi connectivity index (χ3v) is 17.1. The van der Waals surface area contributed by atoms with Gasteiger partial charge in [0.2, 0.25) is 0 Å². The Hall–Kier alpha value is -8.65. The molecule has 98 heavy (non-hydrogen) atoms. The summed E-state index contributed by atoms with van der Waals surface area (Å²) in [4.78, 5) is 92.7. The van der Waals surface area contributed by atoms with Gasteiger partial charge in [-0.15, -0.1) is 0 Å². The number of anilines is 4. The summed E-state index contributed by atoms with van der Waals surface area (Å²) in [6.07, 6.45) is 3.96. The highest BCUT2D eigenvalue weighted by Crippen LogP contribution is 2.34. The molecule has 9 heterocycles. The van der Waals surface area contributed by atoms with Gasteiger partial charge in [0.1, 0.15) is 28.6 Å². The van der Waals surface area contributed by atoms with E-state index in [0.717, 1.165) is 39.4 Å². The predicted octanol–water partition coefficient (Wildman–Crippen LogP) is 12.5. The van der Waals surface area contributed by atoms with E-state index in [2.05, 4.69) is 69.8 Å². The molecule has 6 aliphatic rings. The van der Waals surface area contributed by atoms with Gasteiger partial charge in [0.05, 0.1) is 148 Å². The Bertz CT molecular complexity index is 3930. The van der Waals surface area contributed by atoms with Crippen LogP contribution >= 0.6 is 45.8 Å². The molecule has 0 bridgehead atoms. The minimum atomic E-state index is -0.663. The number of halogens is 5. The number of amides is 11. The van der Waals surface area contributed by atoms with Crippen LogP contribution in [0.4, 0.5) is 65.1 Å². The van der Waals surface area contributed by atoms with Crippen molar-refractivity contribution < 1.29 is 56.6 Å². The summed E-state index contributed by atoms with van der Waals surface area (Å²) < 4.78 is 49.0. The number of benzene rings is 3. The van der Waals surface area contributed by atoms with Crippen molar-refractivity contribution in [2.75, 3.05) is 40.1 Å². The first-order valence-electron chi connectivity index (χ1n) is 31.7. The highest BCUT2D eigenvalue weighted by Gasteiger charge is 2.42. The van der Waals surface area contributed by atoms with E-state index in [1.54, 1.807) is 61.2 Å². The summed E-state index contributed by atoms with van der Waals surface area (Å²) in [6, 6.07) is 15.8. The Kier molecular flexibility index (Phi) is 23.2. The topological polar surface area (TPSA) is 289 Å². The molecule has 6 aliphatic heterocycles. The molecule has 3 aromatic carbocycles. The lowest BCUT2D eigenvalue weighted by atomic mass is 10.1. The molecule has 3 saturated heterocycles. The Morgan fingerprint density at radius 1 is 0.582 bits per heavy atom. The number of ether oxygens (including phenoxy) is 3. The number of hydrogen-bond acceptors (Lipinski definition) is 13. The van der Waals surface area contributed by atoms with E-state index >= 15 is 0 Å². The van der Waals surface area contributed by atoms with Crippen LogP contribution in [-0.2, 0) is 48.7 Å². The van der Waals surface area contributed by atoms with Gasteiger partial charge in [-0.1, -0.05) is 41.4 Å². The molecule has 32 heteroatoms. The van der Waals surface area contributed by atoms with Gasteiger partial charge in [-0.3, -0.25) is 39.0 Å². The second-order valence-electron chi connectivity index (χ2n) is 28.3. The van der Waals surface area contributed by atoms with Gasteiger partial charge in [-0.05, 0) is 175 Å². The van der Waals surface area contributed by atoms with Crippen molar-refractivity contribution >= 4 is 111 Å². The Balaban J connectivity index is 0.000000163. The number of nitrogens with one attached hydrogen (secondary N) is 6. The Morgan fingerprint density at radius 3 is 1.40 bits per heavy atom. The van der Waals surface area contributed by atoms with E-state index in [1.165, 1.54) is 36.4 Å². The lowest BCUT2D eigenvalue weighted by Crippen LogP contribution is -2.47. The molecule has 27 nitrogen and oxygen atoms in total. The van der Waals surface area contributed by atoms with Gasteiger partial charge in [0.25, 0.3) is 0 Å². The zero-order valence-corrected chi connectivity index (χ0v) is 61.2. The smallest absolute Gasteiger partial charge is 0.417 e. The number of hydrogen-bond donors (Lipinski definition) is 6. The lowest BCUT2D eigenvalue weighted by Gasteiger charge is -2.36. The molecule has 3 fully saturated rings.